The Labute approximate surface area is 85.5 Å². The Hall–Kier alpha value is -0.930. The molecule has 0 aromatic carbocycles. The second-order valence-corrected chi connectivity index (χ2v) is 3.55. The van der Waals surface area contributed by atoms with Gasteiger partial charge in [-0.1, -0.05) is 6.07 Å². The van der Waals surface area contributed by atoms with E-state index in [1.54, 1.807) is 7.11 Å². The van der Waals surface area contributed by atoms with Crippen LogP contribution in [0.2, 0.25) is 0 Å². The summed E-state index contributed by atoms with van der Waals surface area (Å²) in [6, 6.07) is 2.14. The van der Waals surface area contributed by atoms with Gasteiger partial charge in [0.1, 0.15) is 0 Å². The van der Waals surface area contributed by atoms with Crippen molar-refractivity contribution in [2.45, 2.75) is 26.5 Å². The van der Waals surface area contributed by atoms with Crippen LogP contribution in [-0.2, 0) is 11.3 Å². The zero-order valence-electron chi connectivity index (χ0n) is 9.08. The third-order valence-corrected chi connectivity index (χ3v) is 2.09. The van der Waals surface area contributed by atoms with Crippen LogP contribution in [0.3, 0.4) is 0 Å². The summed E-state index contributed by atoms with van der Waals surface area (Å²) in [5.74, 6) is 0. The van der Waals surface area contributed by atoms with E-state index in [4.69, 9.17) is 4.74 Å². The van der Waals surface area contributed by atoms with Gasteiger partial charge >= 0.3 is 0 Å². The molecule has 0 aliphatic heterocycles. The fourth-order valence-electron chi connectivity index (χ4n) is 1.22. The summed E-state index contributed by atoms with van der Waals surface area (Å²) in [6.07, 6.45) is 4.01. The molecule has 0 spiro atoms. The molecule has 14 heavy (non-hydrogen) atoms. The van der Waals surface area contributed by atoms with Crippen molar-refractivity contribution in [3.8, 4) is 0 Å². The van der Waals surface area contributed by atoms with Crippen LogP contribution >= 0.6 is 0 Å². The summed E-state index contributed by atoms with van der Waals surface area (Å²) in [6.45, 7) is 5.81. The van der Waals surface area contributed by atoms with E-state index in [0.29, 0.717) is 0 Å². The first-order valence-electron chi connectivity index (χ1n) is 4.86. The highest BCUT2D eigenvalue weighted by Gasteiger charge is 1.98. The molecule has 3 heteroatoms. The molecule has 0 saturated carbocycles. The van der Waals surface area contributed by atoms with Crippen LogP contribution in [0.15, 0.2) is 18.5 Å². The molecular formula is C11H18N2O. The minimum atomic E-state index is 0.257. The van der Waals surface area contributed by atoms with Crippen molar-refractivity contribution in [2.75, 3.05) is 13.7 Å². The molecular weight excluding hydrogens is 176 g/mol. The van der Waals surface area contributed by atoms with E-state index in [-0.39, 0.29) is 6.10 Å². The molecule has 0 radical (unpaired) electrons. The number of rotatable bonds is 5. The molecule has 78 valence electrons. The molecule has 0 bridgehead atoms. The first-order valence-corrected chi connectivity index (χ1v) is 4.86. The number of nitrogens with one attached hydrogen (secondary N) is 1. The average molecular weight is 194 g/mol. The molecule has 0 saturated heterocycles. The Kier molecular flexibility index (Phi) is 4.56. The highest BCUT2D eigenvalue weighted by atomic mass is 16.5. The molecule has 0 amide bonds. The lowest BCUT2D eigenvalue weighted by Crippen LogP contribution is -2.25. The van der Waals surface area contributed by atoms with Gasteiger partial charge in [0, 0.05) is 32.6 Å². The van der Waals surface area contributed by atoms with Crippen LogP contribution in [-0.4, -0.2) is 24.7 Å². The van der Waals surface area contributed by atoms with Gasteiger partial charge in [-0.25, -0.2) is 0 Å². The number of hydrogen-bond donors (Lipinski definition) is 1. The maximum atomic E-state index is 5.13. The van der Waals surface area contributed by atoms with Gasteiger partial charge in [-0.15, -0.1) is 0 Å². The summed E-state index contributed by atoms with van der Waals surface area (Å²) < 4.78 is 5.13. The summed E-state index contributed by atoms with van der Waals surface area (Å²) >= 11 is 0. The number of ether oxygens (including phenoxy) is 1. The van der Waals surface area contributed by atoms with Crippen LogP contribution in [0.1, 0.15) is 18.1 Å². The van der Waals surface area contributed by atoms with Gasteiger partial charge in [0.15, 0.2) is 0 Å². The van der Waals surface area contributed by atoms with Gasteiger partial charge in [0.25, 0.3) is 0 Å². The standard InChI is InChI=1S/C11H18N2O/c1-9-4-11(7-12-5-9)8-13-6-10(2)14-3/h4-5,7,10,13H,6,8H2,1-3H3. The molecule has 1 unspecified atom stereocenters. The van der Waals surface area contributed by atoms with Gasteiger partial charge in [0.05, 0.1) is 6.10 Å². The predicted octanol–water partition coefficient (Wildman–Crippen LogP) is 1.51. The fourth-order valence-corrected chi connectivity index (χ4v) is 1.22. The predicted molar refractivity (Wildman–Crippen MR) is 57.2 cm³/mol. The van der Waals surface area contributed by atoms with Crippen molar-refractivity contribution in [3.05, 3.63) is 29.6 Å². The van der Waals surface area contributed by atoms with Crippen molar-refractivity contribution in [3.63, 3.8) is 0 Å². The van der Waals surface area contributed by atoms with Crippen molar-refractivity contribution < 1.29 is 4.74 Å². The first kappa shape index (κ1) is 11.1. The lowest BCUT2D eigenvalue weighted by Gasteiger charge is -2.10. The van der Waals surface area contributed by atoms with Crippen LogP contribution in [0, 0.1) is 6.92 Å². The quantitative estimate of drug-likeness (QED) is 0.771. The van der Waals surface area contributed by atoms with Crippen molar-refractivity contribution >= 4 is 0 Å². The Morgan fingerprint density at radius 1 is 1.50 bits per heavy atom. The normalized spacial score (nSPS) is 12.8. The third-order valence-electron chi connectivity index (χ3n) is 2.09. The van der Waals surface area contributed by atoms with Gasteiger partial charge in [0.2, 0.25) is 0 Å². The van der Waals surface area contributed by atoms with Crippen LogP contribution < -0.4 is 5.32 Å². The highest BCUT2D eigenvalue weighted by molar-refractivity contribution is 5.16. The molecule has 1 atom stereocenters. The Bertz CT molecular complexity index is 276. The topological polar surface area (TPSA) is 34.1 Å². The zero-order chi connectivity index (χ0) is 10.4. The molecule has 0 aliphatic rings. The van der Waals surface area contributed by atoms with Gasteiger partial charge in [-0.3, -0.25) is 4.98 Å². The Balaban J connectivity index is 2.31. The number of methoxy groups -OCH3 is 1. The molecule has 1 N–H and O–H groups in total. The summed E-state index contributed by atoms with van der Waals surface area (Å²) in [7, 11) is 1.72. The van der Waals surface area contributed by atoms with E-state index in [1.165, 1.54) is 11.1 Å². The SMILES string of the molecule is COC(C)CNCc1cncc(C)c1. The lowest BCUT2D eigenvalue weighted by molar-refractivity contribution is 0.117. The monoisotopic (exact) mass is 194 g/mol. The van der Waals surface area contributed by atoms with Gasteiger partial charge in [-0.05, 0) is 25.0 Å². The summed E-state index contributed by atoms with van der Waals surface area (Å²) in [5.41, 5.74) is 2.41. The van der Waals surface area contributed by atoms with E-state index in [0.717, 1.165) is 13.1 Å². The molecule has 1 heterocycles. The van der Waals surface area contributed by atoms with Crippen LogP contribution in [0.25, 0.3) is 0 Å². The second kappa shape index (κ2) is 5.73. The van der Waals surface area contributed by atoms with Crippen LogP contribution in [0.5, 0.6) is 0 Å². The molecule has 3 nitrogen and oxygen atoms in total. The first-order chi connectivity index (χ1) is 6.72. The largest absolute Gasteiger partial charge is 0.380 e. The molecule has 1 aromatic heterocycles. The van der Waals surface area contributed by atoms with E-state index < -0.39 is 0 Å². The minimum Gasteiger partial charge on any atom is -0.380 e. The van der Waals surface area contributed by atoms with E-state index >= 15 is 0 Å². The molecule has 0 aliphatic carbocycles. The van der Waals surface area contributed by atoms with E-state index in [9.17, 15) is 0 Å². The Morgan fingerprint density at radius 3 is 2.93 bits per heavy atom. The number of aromatic nitrogens is 1. The van der Waals surface area contributed by atoms with Crippen molar-refractivity contribution in [1.29, 1.82) is 0 Å². The second-order valence-electron chi connectivity index (χ2n) is 3.55. The summed E-state index contributed by atoms with van der Waals surface area (Å²) in [4.78, 5) is 4.13. The zero-order valence-corrected chi connectivity index (χ0v) is 9.08. The molecule has 1 rings (SSSR count). The number of nitrogens with zero attached hydrogens (tertiary/aromatic N) is 1. The van der Waals surface area contributed by atoms with Gasteiger partial charge in [-0.2, -0.15) is 0 Å². The van der Waals surface area contributed by atoms with Crippen molar-refractivity contribution in [1.82, 2.24) is 10.3 Å². The Morgan fingerprint density at radius 2 is 2.29 bits per heavy atom. The highest BCUT2D eigenvalue weighted by Crippen LogP contribution is 2.00. The fraction of sp³-hybridized carbons (Fsp3) is 0.545. The smallest absolute Gasteiger partial charge is 0.0667 e. The number of hydrogen-bond acceptors (Lipinski definition) is 3. The maximum absolute atomic E-state index is 5.13. The molecule has 0 fully saturated rings. The third kappa shape index (κ3) is 3.85. The summed E-state index contributed by atoms with van der Waals surface area (Å²) in [5, 5.41) is 3.31. The maximum Gasteiger partial charge on any atom is 0.0667 e. The number of pyridine rings is 1. The number of aryl methyl sites for hydroxylation is 1. The minimum absolute atomic E-state index is 0.257. The van der Waals surface area contributed by atoms with Gasteiger partial charge < -0.3 is 10.1 Å². The van der Waals surface area contributed by atoms with E-state index in [2.05, 4.69) is 16.4 Å². The van der Waals surface area contributed by atoms with E-state index in [1.807, 2.05) is 26.2 Å². The average Bonchev–Trinajstić information content (AvgIpc) is 2.17. The van der Waals surface area contributed by atoms with Crippen LogP contribution in [0.4, 0.5) is 0 Å². The molecule has 1 aromatic rings. The van der Waals surface area contributed by atoms with Crippen molar-refractivity contribution in [2.24, 2.45) is 0 Å². The lowest BCUT2D eigenvalue weighted by atomic mass is 10.2.